The van der Waals surface area contributed by atoms with Crippen LogP contribution in [0.25, 0.3) is 0 Å². The van der Waals surface area contributed by atoms with E-state index in [9.17, 15) is 8.42 Å². The van der Waals surface area contributed by atoms with E-state index in [0.717, 1.165) is 5.56 Å². The van der Waals surface area contributed by atoms with Crippen LogP contribution in [0.3, 0.4) is 0 Å². The van der Waals surface area contributed by atoms with Crippen molar-refractivity contribution in [3.63, 3.8) is 0 Å². The number of nitrogens with zero attached hydrogens (tertiary/aromatic N) is 3. The maximum Gasteiger partial charge on any atom is 0.243 e. The zero-order valence-corrected chi connectivity index (χ0v) is 15.6. The molecule has 0 atom stereocenters. The van der Waals surface area contributed by atoms with Crippen molar-refractivity contribution in [3.8, 4) is 17.6 Å². The van der Waals surface area contributed by atoms with Crippen molar-refractivity contribution < 1.29 is 17.9 Å². The number of hydrogen-bond acceptors (Lipinski definition) is 6. The van der Waals surface area contributed by atoms with Crippen LogP contribution in [0.15, 0.2) is 47.6 Å². The van der Waals surface area contributed by atoms with Gasteiger partial charge in [-0.05, 0) is 36.2 Å². The van der Waals surface area contributed by atoms with Crippen LogP contribution in [-0.4, -0.2) is 38.5 Å². The molecule has 138 valence electrons. The molecular formula is C18H21N3O4S. The number of methoxy groups -OCH3 is 2. The number of rotatable bonds is 9. The third kappa shape index (κ3) is 4.71. The predicted octanol–water partition coefficient (Wildman–Crippen LogP) is 2.59. The van der Waals surface area contributed by atoms with Gasteiger partial charge in [0, 0.05) is 38.0 Å². The minimum Gasteiger partial charge on any atom is -0.493 e. The van der Waals surface area contributed by atoms with E-state index >= 15 is 0 Å². The highest BCUT2D eigenvalue weighted by molar-refractivity contribution is 7.89. The lowest BCUT2D eigenvalue weighted by Gasteiger charge is -2.22. The molecule has 2 rings (SSSR count). The van der Waals surface area contributed by atoms with Gasteiger partial charge >= 0.3 is 0 Å². The number of hydrogen-bond donors (Lipinski definition) is 0. The van der Waals surface area contributed by atoms with Crippen LogP contribution in [-0.2, 0) is 16.6 Å². The Kier molecular flexibility index (Phi) is 6.95. The smallest absolute Gasteiger partial charge is 0.243 e. The molecule has 0 aliphatic carbocycles. The summed E-state index contributed by atoms with van der Waals surface area (Å²) < 4.78 is 38.0. The molecule has 1 aromatic heterocycles. The normalized spacial score (nSPS) is 11.2. The largest absolute Gasteiger partial charge is 0.493 e. The minimum atomic E-state index is -3.77. The first kappa shape index (κ1) is 19.7. The van der Waals surface area contributed by atoms with Gasteiger partial charge in [0.1, 0.15) is 0 Å². The molecular weight excluding hydrogens is 354 g/mol. The number of unbranched alkanes of at least 4 members (excludes halogenated alkanes) is 1. The summed E-state index contributed by atoms with van der Waals surface area (Å²) in [7, 11) is -0.825. The summed E-state index contributed by atoms with van der Waals surface area (Å²) in [6.07, 6.45) is 3.97. The van der Waals surface area contributed by atoms with Crippen molar-refractivity contribution in [1.82, 2.24) is 9.29 Å². The van der Waals surface area contributed by atoms with Crippen LogP contribution in [0.1, 0.15) is 18.4 Å². The molecule has 1 aromatic carbocycles. The molecule has 0 spiro atoms. The van der Waals surface area contributed by atoms with E-state index in [2.05, 4.69) is 4.98 Å². The summed E-state index contributed by atoms with van der Waals surface area (Å²) >= 11 is 0. The van der Waals surface area contributed by atoms with Gasteiger partial charge in [-0.3, -0.25) is 4.98 Å². The summed E-state index contributed by atoms with van der Waals surface area (Å²) in [6.45, 7) is 0.442. The van der Waals surface area contributed by atoms with Crippen LogP contribution < -0.4 is 9.47 Å². The molecule has 0 fully saturated rings. The van der Waals surface area contributed by atoms with Crippen LogP contribution in [0.2, 0.25) is 0 Å². The third-order valence-corrected chi connectivity index (χ3v) is 5.64. The summed E-state index contributed by atoms with van der Waals surface area (Å²) in [5.74, 6) is 0.797. The van der Waals surface area contributed by atoms with Crippen molar-refractivity contribution in [2.45, 2.75) is 24.3 Å². The number of nitriles is 1. The van der Waals surface area contributed by atoms with E-state index < -0.39 is 10.0 Å². The molecule has 8 heteroatoms. The number of sulfonamides is 1. The second kappa shape index (κ2) is 9.17. The first-order chi connectivity index (χ1) is 12.5. The Bertz CT molecular complexity index is 864. The van der Waals surface area contributed by atoms with Gasteiger partial charge in [0.15, 0.2) is 11.5 Å². The molecule has 0 saturated heterocycles. The Morgan fingerprint density at radius 2 is 1.81 bits per heavy atom. The van der Waals surface area contributed by atoms with Gasteiger partial charge in [-0.2, -0.15) is 9.57 Å². The zero-order valence-electron chi connectivity index (χ0n) is 14.8. The average molecular weight is 375 g/mol. The van der Waals surface area contributed by atoms with E-state index in [1.54, 1.807) is 30.6 Å². The van der Waals surface area contributed by atoms with E-state index in [0.29, 0.717) is 17.9 Å². The second-order valence-corrected chi connectivity index (χ2v) is 7.41. The summed E-state index contributed by atoms with van der Waals surface area (Å²) in [4.78, 5) is 4.06. The van der Waals surface area contributed by atoms with E-state index in [1.807, 2.05) is 6.07 Å². The predicted molar refractivity (Wildman–Crippen MR) is 96.2 cm³/mol. The van der Waals surface area contributed by atoms with Crippen LogP contribution in [0, 0.1) is 11.3 Å². The summed E-state index contributed by atoms with van der Waals surface area (Å²) in [5, 5.41) is 8.76. The lowest BCUT2D eigenvalue weighted by Crippen LogP contribution is -2.31. The molecule has 0 radical (unpaired) electrons. The Balaban J connectivity index is 2.36. The summed E-state index contributed by atoms with van der Waals surface area (Å²) in [6, 6.07) is 10.1. The van der Waals surface area contributed by atoms with Crippen LogP contribution >= 0.6 is 0 Å². The molecule has 0 amide bonds. The fraction of sp³-hybridized carbons (Fsp3) is 0.333. The maximum absolute atomic E-state index is 13.1. The number of ether oxygens (including phenoxy) is 2. The molecule has 0 aliphatic rings. The average Bonchev–Trinajstić information content (AvgIpc) is 2.67. The van der Waals surface area contributed by atoms with Gasteiger partial charge in [0.2, 0.25) is 10.0 Å². The number of benzene rings is 1. The Labute approximate surface area is 153 Å². The van der Waals surface area contributed by atoms with E-state index in [1.165, 1.54) is 30.7 Å². The molecule has 0 bridgehead atoms. The fourth-order valence-electron chi connectivity index (χ4n) is 2.44. The molecule has 0 aliphatic heterocycles. The van der Waals surface area contributed by atoms with Gasteiger partial charge in [-0.1, -0.05) is 0 Å². The van der Waals surface area contributed by atoms with E-state index in [-0.39, 0.29) is 24.4 Å². The zero-order chi connectivity index (χ0) is 19.0. The van der Waals surface area contributed by atoms with E-state index in [4.69, 9.17) is 14.7 Å². The highest BCUT2D eigenvalue weighted by atomic mass is 32.2. The monoisotopic (exact) mass is 375 g/mol. The lowest BCUT2D eigenvalue weighted by atomic mass is 10.2. The highest BCUT2D eigenvalue weighted by Crippen LogP contribution is 2.31. The molecule has 0 N–H and O–H groups in total. The lowest BCUT2D eigenvalue weighted by molar-refractivity contribution is 0.353. The first-order valence-corrected chi connectivity index (χ1v) is 9.45. The maximum atomic E-state index is 13.1. The van der Waals surface area contributed by atoms with Gasteiger partial charge in [-0.25, -0.2) is 8.42 Å². The number of pyridine rings is 1. The van der Waals surface area contributed by atoms with Gasteiger partial charge in [0.05, 0.1) is 25.2 Å². The second-order valence-electron chi connectivity index (χ2n) is 5.47. The van der Waals surface area contributed by atoms with Crippen molar-refractivity contribution >= 4 is 10.0 Å². The number of aromatic nitrogens is 1. The molecule has 7 nitrogen and oxygen atoms in total. The fourth-order valence-corrected chi connectivity index (χ4v) is 3.92. The molecule has 26 heavy (non-hydrogen) atoms. The Morgan fingerprint density at radius 3 is 2.42 bits per heavy atom. The van der Waals surface area contributed by atoms with Crippen LogP contribution in [0.5, 0.6) is 11.5 Å². The van der Waals surface area contributed by atoms with Crippen LogP contribution in [0.4, 0.5) is 0 Å². The third-order valence-electron chi connectivity index (χ3n) is 3.80. The Morgan fingerprint density at radius 1 is 1.12 bits per heavy atom. The van der Waals surface area contributed by atoms with Crippen molar-refractivity contribution in [2.75, 3.05) is 20.8 Å². The van der Waals surface area contributed by atoms with Gasteiger partial charge in [0.25, 0.3) is 0 Å². The van der Waals surface area contributed by atoms with Gasteiger partial charge in [-0.15, -0.1) is 0 Å². The first-order valence-electron chi connectivity index (χ1n) is 8.01. The van der Waals surface area contributed by atoms with Crippen molar-refractivity contribution in [1.29, 1.82) is 5.26 Å². The topological polar surface area (TPSA) is 92.5 Å². The molecule has 0 unspecified atom stereocenters. The molecule has 2 aromatic rings. The van der Waals surface area contributed by atoms with Crippen molar-refractivity contribution in [2.24, 2.45) is 0 Å². The molecule has 1 heterocycles. The Hall–Kier alpha value is -2.63. The SMILES string of the molecule is COc1ccc(S(=O)(=O)N(CCCC#N)Cc2ccncc2)cc1OC. The standard InChI is InChI=1S/C18H21N3O4S/c1-24-17-6-5-16(13-18(17)25-2)26(22,23)21(12-4-3-9-19)14-15-7-10-20-11-8-15/h5-8,10-11,13H,3-4,12,14H2,1-2H3. The molecule has 0 saturated carbocycles. The van der Waals surface area contributed by atoms with Crippen molar-refractivity contribution in [3.05, 3.63) is 48.3 Å². The van der Waals surface area contributed by atoms with Gasteiger partial charge < -0.3 is 9.47 Å². The summed E-state index contributed by atoms with van der Waals surface area (Å²) in [5.41, 5.74) is 0.820. The quantitative estimate of drug-likeness (QED) is 0.626. The minimum absolute atomic E-state index is 0.112. The highest BCUT2D eigenvalue weighted by Gasteiger charge is 2.25.